The summed E-state index contributed by atoms with van der Waals surface area (Å²) >= 11 is 0. The number of nitrogens with one attached hydrogen (secondary N) is 1. The Kier molecular flexibility index (Phi) is 5.79. The first kappa shape index (κ1) is 16.5. The monoisotopic (exact) mass is 294 g/mol. The molecule has 1 aromatic rings. The normalized spacial score (nSPS) is 22.6. The molecule has 0 aliphatic carbocycles. The maximum absolute atomic E-state index is 5.69. The second-order valence-corrected chi connectivity index (χ2v) is 7.02. The summed E-state index contributed by atoms with van der Waals surface area (Å²) in [5.74, 6) is 0.692. The molecule has 2 heterocycles. The Bertz CT molecular complexity index is 424. The van der Waals surface area contributed by atoms with Crippen LogP contribution in [0, 0.1) is 11.3 Å². The molecule has 1 unspecified atom stereocenters. The molecule has 1 aromatic heterocycles. The number of rotatable bonds is 8. The predicted octanol–water partition coefficient (Wildman–Crippen LogP) is 1.50. The first-order chi connectivity index (χ1) is 9.99. The molecule has 1 aliphatic heterocycles. The average Bonchev–Trinajstić information content (AvgIpc) is 2.99. The van der Waals surface area contributed by atoms with Crippen molar-refractivity contribution in [3.05, 3.63) is 18.0 Å². The summed E-state index contributed by atoms with van der Waals surface area (Å²) in [5.41, 5.74) is 1.52. The van der Waals surface area contributed by atoms with Crippen molar-refractivity contribution in [2.24, 2.45) is 18.4 Å². The highest BCUT2D eigenvalue weighted by atomic mass is 16.5. The van der Waals surface area contributed by atoms with Crippen LogP contribution in [0.1, 0.15) is 25.8 Å². The molecule has 0 radical (unpaired) electrons. The van der Waals surface area contributed by atoms with E-state index >= 15 is 0 Å². The molecule has 0 aromatic carbocycles. The number of nitrogens with zero attached hydrogens (tertiary/aromatic N) is 3. The molecule has 2 rings (SSSR count). The van der Waals surface area contributed by atoms with E-state index in [1.807, 2.05) is 17.9 Å². The van der Waals surface area contributed by atoms with E-state index in [0.717, 1.165) is 45.8 Å². The van der Waals surface area contributed by atoms with Crippen LogP contribution in [0.5, 0.6) is 0 Å². The third-order valence-electron chi connectivity index (χ3n) is 4.05. The lowest BCUT2D eigenvalue weighted by Crippen LogP contribution is -2.44. The minimum Gasteiger partial charge on any atom is -0.381 e. The number of hydrogen-bond donors (Lipinski definition) is 1. The fourth-order valence-electron chi connectivity index (χ4n) is 3.09. The SMILES string of the molecule is CC(C)CNCC1(CN(C)Cc2cnn(C)c2)CCOC1. The first-order valence-corrected chi connectivity index (χ1v) is 7.94. The zero-order valence-electron chi connectivity index (χ0n) is 13.9. The minimum atomic E-state index is 0.256. The third kappa shape index (κ3) is 5.09. The standard InChI is InChI=1S/C16H30N4O/c1-14(2)7-17-11-16(5-6-21-13-16)12-19(3)9-15-8-18-20(4)10-15/h8,10,14,17H,5-7,9,11-13H2,1-4H3. The van der Waals surface area contributed by atoms with Crippen molar-refractivity contribution in [2.45, 2.75) is 26.8 Å². The highest BCUT2D eigenvalue weighted by Gasteiger charge is 2.35. The summed E-state index contributed by atoms with van der Waals surface area (Å²) in [6.45, 7) is 10.4. The molecule has 1 fully saturated rings. The molecule has 120 valence electrons. The van der Waals surface area contributed by atoms with Crippen LogP contribution in [-0.2, 0) is 18.3 Å². The molecule has 1 saturated heterocycles. The van der Waals surface area contributed by atoms with Gasteiger partial charge in [0.05, 0.1) is 12.8 Å². The maximum Gasteiger partial charge on any atom is 0.0547 e. The lowest BCUT2D eigenvalue weighted by Gasteiger charge is -2.32. The van der Waals surface area contributed by atoms with Gasteiger partial charge in [-0.1, -0.05) is 13.8 Å². The van der Waals surface area contributed by atoms with Crippen LogP contribution in [0.3, 0.4) is 0 Å². The topological polar surface area (TPSA) is 42.3 Å². The molecule has 1 N–H and O–H groups in total. The number of ether oxygens (including phenoxy) is 1. The van der Waals surface area contributed by atoms with Crippen LogP contribution in [0.25, 0.3) is 0 Å². The predicted molar refractivity (Wildman–Crippen MR) is 85.1 cm³/mol. The quantitative estimate of drug-likeness (QED) is 0.789. The second kappa shape index (κ2) is 7.38. The van der Waals surface area contributed by atoms with Crippen molar-refractivity contribution in [3.8, 4) is 0 Å². The summed E-state index contributed by atoms with van der Waals surface area (Å²) in [5, 5.41) is 7.86. The van der Waals surface area contributed by atoms with Crippen LogP contribution < -0.4 is 5.32 Å². The fourth-order valence-corrected chi connectivity index (χ4v) is 3.09. The van der Waals surface area contributed by atoms with Crippen LogP contribution in [-0.4, -0.2) is 54.6 Å². The van der Waals surface area contributed by atoms with E-state index < -0.39 is 0 Å². The van der Waals surface area contributed by atoms with Crippen molar-refractivity contribution in [2.75, 3.05) is 39.9 Å². The Morgan fingerprint density at radius 1 is 1.52 bits per heavy atom. The first-order valence-electron chi connectivity index (χ1n) is 7.94. The van der Waals surface area contributed by atoms with E-state index in [9.17, 15) is 0 Å². The molecule has 1 atom stereocenters. The molecule has 1 aliphatic rings. The van der Waals surface area contributed by atoms with Gasteiger partial charge in [0.15, 0.2) is 0 Å². The van der Waals surface area contributed by atoms with E-state index in [1.165, 1.54) is 5.56 Å². The van der Waals surface area contributed by atoms with Crippen LogP contribution in [0.15, 0.2) is 12.4 Å². The smallest absolute Gasteiger partial charge is 0.0547 e. The molecule has 0 saturated carbocycles. The Morgan fingerprint density at radius 3 is 2.90 bits per heavy atom. The number of aromatic nitrogens is 2. The summed E-state index contributed by atoms with van der Waals surface area (Å²) < 4.78 is 7.55. The van der Waals surface area contributed by atoms with Gasteiger partial charge in [-0.3, -0.25) is 4.68 Å². The van der Waals surface area contributed by atoms with E-state index in [-0.39, 0.29) is 5.41 Å². The zero-order chi connectivity index (χ0) is 15.3. The molecule has 21 heavy (non-hydrogen) atoms. The van der Waals surface area contributed by atoms with Gasteiger partial charge in [-0.05, 0) is 25.9 Å². The Morgan fingerprint density at radius 2 is 2.33 bits per heavy atom. The van der Waals surface area contributed by atoms with Crippen molar-refractivity contribution in [3.63, 3.8) is 0 Å². The average molecular weight is 294 g/mol. The molecule has 0 bridgehead atoms. The van der Waals surface area contributed by atoms with Crippen LogP contribution >= 0.6 is 0 Å². The van der Waals surface area contributed by atoms with Gasteiger partial charge in [0, 0.05) is 50.5 Å². The second-order valence-electron chi connectivity index (χ2n) is 7.02. The van der Waals surface area contributed by atoms with Gasteiger partial charge in [-0.15, -0.1) is 0 Å². The van der Waals surface area contributed by atoms with Crippen molar-refractivity contribution < 1.29 is 4.74 Å². The molecule has 5 heteroatoms. The van der Waals surface area contributed by atoms with Crippen molar-refractivity contribution in [1.82, 2.24) is 20.0 Å². The number of aryl methyl sites for hydroxylation is 1. The lowest BCUT2D eigenvalue weighted by atomic mass is 9.86. The molecular weight excluding hydrogens is 264 g/mol. The zero-order valence-corrected chi connectivity index (χ0v) is 13.9. The summed E-state index contributed by atoms with van der Waals surface area (Å²) in [7, 11) is 4.15. The lowest BCUT2D eigenvalue weighted by molar-refractivity contribution is 0.116. The van der Waals surface area contributed by atoms with Gasteiger partial charge in [-0.2, -0.15) is 5.10 Å². The van der Waals surface area contributed by atoms with Gasteiger partial charge >= 0.3 is 0 Å². The summed E-state index contributed by atoms with van der Waals surface area (Å²) in [4.78, 5) is 2.39. The Hall–Kier alpha value is -0.910. The van der Waals surface area contributed by atoms with Gasteiger partial charge in [0.25, 0.3) is 0 Å². The van der Waals surface area contributed by atoms with E-state index in [4.69, 9.17) is 4.74 Å². The molecule has 0 amide bonds. The fraction of sp³-hybridized carbons (Fsp3) is 0.812. The van der Waals surface area contributed by atoms with Crippen molar-refractivity contribution in [1.29, 1.82) is 0 Å². The number of hydrogen-bond acceptors (Lipinski definition) is 4. The third-order valence-corrected chi connectivity index (χ3v) is 4.05. The van der Waals surface area contributed by atoms with E-state index in [1.54, 1.807) is 0 Å². The van der Waals surface area contributed by atoms with Crippen LogP contribution in [0.4, 0.5) is 0 Å². The van der Waals surface area contributed by atoms with E-state index in [0.29, 0.717) is 5.92 Å². The van der Waals surface area contributed by atoms with Gasteiger partial charge in [0.2, 0.25) is 0 Å². The van der Waals surface area contributed by atoms with Gasteiger partial charge in [-0.25, -0.2) is 0 Å². The highest BCUT2D eigenvalue weighted by Crippen LogP contribution is 2.29. The molecule has 0 spiro atoms. The molecule has 5 nitrogen and oxygen atoms in total. The van der Waals surface area contributed by atoms with Crippen molar-refractivity contribution >= 4 is 0 Å². The van der Waals surface area contributed by atoms with Crippen LogP contribution in [0.2, 0.25) is 0 Å². The highest BCUT2D eigenvalue weighted by molar-refractivity contribution is 5.03. The van der Waals surface area contributed by atoms with Gasteiger partial charge in [0.1, 0.15) is 0 Å². The van der Waals surface area contributed by atoms with Gasteiger partial charge < -0.3 is 15.0 Å². The largest absolute Gasteiger partial charge is 0.381 e. The van der Waals surface area contributed by atoms with E-state index in [2.05, 4.69) is 42.4 Å². The molecular formula is C16H30N4O. The Labute approximate surface area is 128 Å². The maximum atomic E-state index is 5.69. The summed E-state index contributed by atoms with van der Waals surface area (Å²) in [6, 6.07) is 0. The minimum absolute atomic E-state index is 0.256. The summed E-state index contributed by atoms with van der Waals surface area (Å²) in [6.07, 6.45) is 5.19. The Balaban J connectivity index is 1.86.